The summed E-state index contributed by atoms with van der Waals surface area (Å²) in [4.78, 5) is 0. The van der Waals surface area contributed by atoms with Crippen molar-refractivity contribution in [3.05, 3.63) is 52.5 Å². The Morgan fingerprint density at radius 3 is 2.32 bits per heavy atom. The fourth-order valence-corrected chi connectivity index (χ4v) is 2.48. The standard InChI is InChI=1S/C17H20ClN/c1-11(2)13-5-7-15(12(3)9-13)16-10-14(18)6-8-17(16)19-4/h5-11,19H,1-4H3. The zero-order valence-corrected chi connectivity index (χ0v) is 12.7. The van der Waals surface area contributed by atoms with Gasteiger partial charge in [-0.3, -0.25) is 0 Å². The predicted molar refractivity (Wildman–Crippen MR) is 85.3 cm³/mol. The van der Waals surface area contributed by atoms with Gasteiger partial charge in [0.15, 0.2) is 0 Å². The third-order valence-electron chi connectivity index (χ3n) is 3.46. The Morgan fingerprint density at radius 2 is 1.74 bits per heavy atom. The van der Waals surface area contributed by atoms with Crippen molar-refractivity contribution < 1.29 is 0 Å². The zero-order valence-electron chi connectivity index (χ0n) is 11.9. The molecule has 2 aromatic rings. The van der Waals surface area contributed by atoms with Crippen LogP contribution < -0.4 is 5.32 Å². The molecule has 0 fully saturated rings. The van der Waals surface area contributed by atoms with E-state index < -0.39 is 0 Å². The fraction of sp³-hybridized carbons (Fsp3) is 0.294. The van der Waals surface area contributed by atoms with Gasteiger partial charge in [0.1, 0.15) is 0 Å². The van der Waals surface area contributed by atoms with Crippen LogP contribution in [-0.4, -0.2) is 7.05 Å². The highest BCUT2D eigenvalue weighted by Gasteiger charge is 2.09. The molecule has 1 N–H and O–H groups in total. The molecule has 100 valence electrons. The molecule has 0 unspecified atom stereocenters. The van der Waals surface area contributed by atoms with E-state index in [0.717, 1.165) is 16.3 Å². The summed E-state index contributed by atoms with van der Waals surface area (Å²) in [6.45, 7) is 6.58. The van der Waals surface area contributed by atoms with Crippen molar-refractivity contribution in [2.24, 2.45) is 0 Å². The summed E-state index contributed by atoms with van der Waals surface area (Å²) in [6.07, 6.45) is 0. The van der Waals surface area contributed by atoms with Gasteiger partial charge in [-0.15, -0.1) is 0 Å². The molecule has 0 heterocycles. The molecular formula is C17H20ClN. The van der Waals surface area contributed by atoms with Crippen molar-refractivity contribution in [2.45, 2.75) is 26.7 Å². The van der Waals surface area contributed by atoms with Crippen LogP contribution in [-0.2, 0) is 0 Å². The highest BCUT2D eigenvalue weighted by molar-refractivity contribution is 6.31. The quantitative estimate of drug-likeness (QED) is 0.781. The first-order valence-electron chi connectivity index (χ1n) is 6.61. The first-order chi connectivity index (χ1) is 9.02. The van der Waals surface area contributed by atoms with Gasteiger partial charge >= 0.3 is 0 Å². The first-order valence-corrected chi connectivity index (χ1v) is 6.99. The van der Waals surface area contributed by atoms with E-state index in [4.69, 9.17) is 11.6 Å². The number of aryl methyl sites for hydroxylation is 1. The minimum Gasteiger partial charge on any atom is -0.388 e. The average Bonchev–Trinajstić information content (AvgIpc) is 2.38. The molecule has 1 nitrogen and oxygen atoms in total. The van der Waals surface area contributed by atoms with E-state index in [-0.39, 0.29) is 0 Å². The summed E-state index contributed by atoms with van der Waals surface area (Å²) in [5.74, 6) is 0.552. The van der Waals surface area contributed by atoms with Gasteiger partial charge in [0.25, 0.3) is 0 Å². The number of nitrogens with one attached hydrogen (secondary N) is 1. The first kappa shape index (κ1) is 14.0. The topological polar surface area (TPSA) is 12.0 Å². The van der Waals surface area contributed by atoms with E-state index in [1.165, 1.54) is 16.7 Å². The average molecular weight is 274 g/mol. The van der Waals surface area contributed by atoms with Gasteiger partial charge in [-0.25, -0.2) is 0 Å². The van der Waals surface area contributed by atoms with Gasteiger partial charge in [0, 0.05) is 23.3 Å². The Morgan fingerprint density at radius 1 is 1.00 bits per heavy atom. The van der Waals surface area contributed by atoms with Crippen LogP contribution in [0, 0.1) is 6.92 Å². The van der Waals surface area contributed by atoms with Crippen LogP contribution in [0.25, 0.3) is 11.1 Å². The molecule has 2 rings (SSSR count). The Kier molecular flexibility index (Phi) is 4.16. The van der Waals surface area contributed by atoms with E-state index in [9.17, 15) is 0 Å². The molecule has 19 heavy (non-hydrogen) atoms. The number of benzene rings is 2. The summed E-state index contributed by atoms with van der Waals surface area (Å²) < 4.78 is 0. The molecular weight excluding hydrogens is 254 g/mol. The van der Waals surface area contributed by atoms with Crippen LogP contribution in [0.15, 0.2) is 36.4 Å². The van der Waals surface area contributed by atoms with E-state index in [0.29, 0.717) is 5.92 Å². The van der Waals surface area contributed by atoms with Crippen LogP contribution >= 0.6 is 11.6 Å². The second-order valence-electron chi connectivity index (χ2n) is 5.17. The lowest BCUT2D eigenvalue weighted by Gasteiger charge is -2.14. The van der Waals surface area contributed by atoms with Crippen LogP contribution in [0.2, 0.25) is 5.02 Å². The predicted octanol–water partition coefficient (Wildman–Crippen LogP) is 5.48. The van der Waals surface area contributed by atoms with Gasteiger partial charge < -0.3 is 5.32 Å². The normalized spacial score (nSPS) is 10.8. The van der Waals surface area contributed by atoms with E-state index in [2.05, 4.69) is 44.3 Å². The second kappa shape index (κ2) is 5.66. The Bertz CT molecular complexity index is 588. The number of rotatable bonds is 3. The maximum absolute atomic E-state index is 6.13. The van der Waals surface area contributed by atoms with E-state index >= 15 is 0 Å². The molecule has 0 saturated heterocycles. The number of hydrogen-bond donors (Lipinski definition) is 1. The second-order valence-corrected chi connectivity index (χ2v) is 5.61. The van der Waals surface area contributed by atoms with Crippen molar-refractivity contribution in [1.29, 1.82) is 0 Å². The molecule has 0 aliphatic carbocycles. The number of hydrogen-bond acceptors (Lipinski definition) is 1. The van der Waals surface area contributed by atoms with Crippen molar-refractivity contribution >= 4 is 17.3 Å². The van der Waals surface area contributed by atoms with Crippen LogP contribution in [0.1, 0.15) is 30.9 Å². The van der Waals surface area contributed by atoms with Gasteiger partial charge in [0.2, 0.25) is 0 Å². The molecule has 0 aromatic heterocycles. The molecule has 0 saturated carbocycles. The number of anilines is 1. The minimum absolute atomic E-state index is 0.552. The van der Waals surface area contributed by atoms with Gasteiger partial charge in [-0.2, -0.15) is 0 Å². The SMILES string of the molecule is CNc1ccc(Cl)cc1-c1ccc(C(C)C)cc1C. The third-order valence-corrected chi connectivity index (χ3v) is 3.69. The molecule has 0 bridgehead atoms. The molecule has 0 atom stereocenters. The fourth-order valence-electron chi connectivity index (χ4n) is 2.31. The van der Waals surface area contributed by atoms with Gasteiger partial charge in [-0.05, 0) is 47.7 Å². The lowest BCUT2D eigenvalue weighted by atomic mass is 9.93. The van der Waals surface area contributed by atoms with Crippen LogP contribution in [0.5, 0.6) is 0 Å². The summed E-state index contributed by atoms with van der Waals surface area (Å²) in [7, 11) is 1.94. The summed E-state index contributed by atoms with van der Waals surface area (Å²) >= 11 is 6.13. The highest BCUT2D eigenvalue weighted by Crippen LogP contribution is 2.33. The third kappa shape index (κ3) is 2.93. The Balaban J connectivity index is 2.56. The lowest BCUT2D eigenvalue weighted by Crippen LogP contribution is -1.95. The Hall–Kier alpha value is -1.47. The largest absolute Gasteiger partial charge is 0.388 e. The Labute approximate surface area is 120 Å². The molecule has 0 amide bonds. The minimum atomic E-state index is 0.552. The van der Waals surface area contributed by atoms with Crippen LogP contribution in [0.3, 0.4) is 0 Å². The molecule has 0 aliphatic rings. The number of halogens is 1. The molecule has 2 heteroatoms. The van der Waals surface area contributed by atoms with E-state index in [1.54, 1.807) is 0 Å². The summed E-state index contributed by atoms with van der Waals surface area (Å²) in [6, 6.07) is 12.6. The molecule has 0 spiro atoms. The zero-order chi connectivity index (χ0) is 14.0. The highest BCUT2D eigenvalue weighted by atomic mass is 35.5. The smallest absolute Gasteiger partial charge is 0.0418 e. The van der Waals surface area contributed by atoms with Gasteiger partial charge in [-0.1, -0.05) is 43.6 Å². The van der Waals surface area contributed by atoms with E-state index in [1.807, 2.05) is 25.2 Å². The maximum atomic E-state index is 6.13. The molecule has 2 aromatic carbocycles. The molecule has 0 aliphatic heterocycles. The van der Waals surface area contributed by atoms with Crippen molar-refractivity contribution in [3.8, 4) is 11.1 Å². The van der Waals surface area contributed by atoms with Crippen LogP contribution in [0.4, 0.5) is 5.69 Å². The lowest BCUT2D eigenvalue weighted by molar-refractivity contribution is 0.865. The van der Waals surface area contributed by atoms with Crippen molar-refractivity contribution in [3.63, 3.8) is 0 Å². The molecule has 0 radical (unpaired) electrons. The van der Waals surface area contributed by atoms with Crippen molar-refractivity contribution in [1.82, 2.24) is 0 Å². The van der Waals surface area contributed by atoms with Crippen molar-refractivity contribution in [2.75, 3.05) is 12.4 Å². The monoisotopic (exact) mass is 273 g/mol. The summed E-state index contributed by atoms with van der Waals surface area (Å²) in [5.41, 5.74) is 6.14. The summed E-state index contributed by atoms with van der Waals surface area (Å²) in [5, 5.41) is 3.99. The van der Waals surface area contributed by atoms with Gasteiger partial charge in [0.05, 0.1) is 0 Å². The maximum Gasteiger partial charge on any atom is 0.0418 e.